The topological polar surface area (TPSA) is 46.3 Å². The Morgan fingerprint density at radius 1 is 1.41 bits per heavy atom. The van der Waals surface area contributed by atoms with Crippen LogP contribution in [0.2, 0.25) is 10.0 Å². The monoisotopic (exact) mass is 290 g/mol. The van der Waals surface area contributed by atoms with E-state index in [1.165, 1.54) is 0 Å². The van der Waals surface area contributed by atoms with Gasteiger partial charge in [-0.25, -0.2) is 0 Å². The van der Waals surface area contributed by atoms with E-state index in [-0.39, 0.29) is 11.8 Å². The van der Waals surface area contributed by atoms with Crippen molar-refractivity contribution in [2.24, 2.45) is 5.92 Å². The number of nitrogen functional groups attached to an aromatic ring is 1. The third-order valence-corrected chi connectivity index (χ3v) is 3.87. The second kappa shape index (κ2) is 4.96. The van der Waals surface area contributed by atoms with Crippen molar-refractivity contribution < 1.29 is 4.79 Å². The SMILES string of the molecule is Nc1cc(Cl)c(N2CC(CS)CC2=O)c(Cl)c1. The molecule has 1 aromatic carbocycles. The summed E-state index contributed by atoms with van der Waals surface area (Å²) >= 11 is 16.4. The number of benzene rings is 1. The molecule has 17 heavy (non-hydrogen) atoms. The van der Waals surface area contributed by atoms with E-state index in [1.807, 2.05) is 0 Å². The van der Waals surface area contributed by atoms with E-state index >= 15 is 0 Å². The highest BCUT2D eigenvalue weighted by Crippen LogP contribution is 2.38. The molecule has 1 fully saturated rings. The molecule has 1 aliphatic rings. The van der Waals surface area contributed by atoms with Gasteiger partial charge in [0.1, 0.15) is 0 Å². The van der Waals surface area contributed by atoms with Crippen LogP contribution in [0.4, 0.5) is 11.4 Å². The summed E-state index contributed by atoms with van der Waals surface area (Å²) in [4.78, 5) is 13.5. The van der Waals surface area contributed by atoms with Crippen molar-refractivity contribution in [2.45, 2.75) is 6.42 Å². The molecule has 2 N–H and O–H groups in total. The molecule has 0 spiro atoms. The summed E-state index contributed by atoms with van der Waals surface area (Å²) in [5, 5.41) is 0.811. The average Bonchev–Trinajstić information content (AvgIpc) is 2.59. The van der Waals surface area contributed by atoms with Crippen LogP contribution in [-0.4, -0.2) is 18.2 Å². The summed E-state index contributed by atoms with van der Waals surface area (Å²) in [6.45, 7) is 0.603. The van der Waals surface area contributed by atoms with Gasteiger partial charge in [0, 0.05) is 18.7 Å². The van der Waals surface area contributed by atoms with Crippen LogP contribution in [-0.2, 0) is 4.79 Å². The normalized spacial score (nSPS) is 20.1. The minimum absolute atomic E-state index is 0.0256. The number of amides is 1. The largest absolute Gasteiger partial charge is 0.399 e. The number of nitrogens with zero attached hydrogens (tertiary/aromatic N) is 1. The molecule has 0 aliphatic carbocycles. The molecule has 6 heteroatoms. The van der Waals surface area contributed by atoms with Gasteiger partial charge in [-0.2, -0.15) is 12.6 Å². The Balaban J connectivity index is 2.38. The fraction of sp³-hybridized carbons (Fsp3) is 0.364. The number of hydrogen-bond donors (Lipinski definition) is 2. The Kier molecular flexibility index (Phi) is 3.76. The number of carbonyl (C=O) groups excluding carboxylic acids is 1. The van der Waals surface area contributed by atoms with Crippen molar-refractivity contribution in [3.63, 3.8) is 0 Å². The number of halogens is 2. The number of hydrogen-bond acceptors (Lipinski definition) is 3. The highest BCUT2D eigenvalue weighted by Gasteiger charge is 2.32. The highest BCUT2D eigenvalue weighted by atomic mass is 35.5. The van der Waals surface area contributed by atoms with Crippen molar-refractivity contribution in [3.05, 3.63) is 22.2 Å². The number of anilines is 2. The second-order valence-corrected chi connectivity index (χ2v) is 5.27. The molecule has 1 unspecified atom stereocenters. The first-order chi connectivity index (χ1) is 8.02. The van der Waals surface area contributed by atoms with Crippen LogP contribution in [0.15, 0.2) is 12.1 Å². The van der Waals surface area contributed by atoms with E-state index in [1.54, 1.807) is 17.0 Å². The number of carbonyl (C=O) groups is 1. The Hall–Kier alpha value is -0.580. The Labute approximate surface area is 115 Å². The Morgan fingerprint density at radius 3 is 2.47 bits per heavy atom. The summed E-state index contributed by atoms with van der Waals surface area (Å²) in [6, 6.07) is 3.20. The van der Waals surface area contributed by atoms with Gasteiger partial charge in [-0.15, -0.1) is 0 Å². The smallest absolute Gasteiger partial charge is 0.227 e. The number of rotatable bonds is 2. The number of nitrogens with two attached hydrogens (primary N) is 1. The first-order valence-electron chi connectivity index (χ1n) is 5.18. The lowest BCUT2D eigenvalue weighted by Gasteiger charge is -2.19. The van der Waals surface area contributed by atoms with Crippen LogP contribution in [0.3, 0.4) is 0 Å². The zero-order valence-corrected chi connectivity index (χ0v) is 11.4. The molecule has 1 aromatic rings. The van der Waals surface area contributed by atoms with Crippen molar-refractivity contribution in [3.8, 4) is 0 Å². The molecule has 2 rings (SSSR count). The van der Waals surface area contributed by atoms with Crippen molar-refractivity contribution in [1.29, 1.82) is 0 Å². The van der Waals surface area contributed by atoms with Gasteiger partial charge in [0.15, 0.2) is 0 Å². The summed E-state index contributed by atoms with van der Waals surface area (Å²) in [5.74, 6) is 0.944. The average molecular weight is 291 g/mol. The Morgan fingerprint density at radius 2 is 2.00 bits per heavy atom. The van der Waals surface area contributed by atoms with Crippen LogP contribution < -0.4 is 10.6 Å². The third-order valence-electron chi connectivity index (χ3n) is 2.77. The van der Waals surface area contributed by atoms with E-state index < -0.39 is 0 Å². The molecular weight excluding hydrogens is 279 g/mol. The quantitative estimate of drug-likeness (QED) is 0.650. The van der Waals surface area contributed by atoms with Gasteiger partial charge in [0.25, 0.3) is 0 Å². The highest BCUT2D eigenvalue weighted by molar-refractivity contribution is 7.80. The minimum atomic E-state index is 0.0256. The van der Waals surface area contributed by atoms with E-state index in [4.69, 9.17) is 28.9 Å². The van der Waals surface area contributed by atoms with E-state index in [9.17, 15) is 4.79 Å². The molecule has 92 valence electrons. The lowest BCUT2D eigenvalue weighted by atomic mass is 10.1. The van der Waals surface area contributed by atoms with Crippen molar-refractivity contribution >= 4 is 53.1 Å². The van der Waals surface area contributed by atoms with Crippen molar-refractivity contribution in [1.82, 2.24) is 0 Å². The molecule has 1 aliphatic heterocycles. The first kappa shape index (κ1) is 12.9. The first-order valence-corrected chi connectivity index (χ1v) is 6.57. The lowest BCUT2D eigenvalue weighted by molar-refractivity contribution is -0.117. The molecular formula is C11H12Cl2N2OS. The molecule has 1 amide bonds. The van der Waals surface area contributed by atoms with Crippen LogP contribution in [0, 0.1) is 5.92 Å². The zero-order valence-electron chi connectivity index (χ0n) is 8.99. The zero-order chi connectivity index (χ0) is 12.6. The Bertz CT molecular complexity index is 444. The summed E-state index contributed by atoms with van der Waals surface area (Å²) < 4.78 is 0. The van der Waals surface area contributed by atoms with Gasteiger partial charge in [0.05, 0.1) is 15.7 Å². The molecule has 0 bridgehead atoms. The second-order valence-electron chi connectivity index (χ2n) is 4.09. The maximum atomic E-state index is 11.9. The van der Waals surface area contributed by atoms with Crippen molar-refractivity contribution in [2.75, 3.05) is 22.9 Å². The number of thiol groups is 1. The standard InChI is InChI=1S/C11H12Cl2N2OS/c12-8-2-7(14)3-9(13)11(8)15-4-6(5-17)1-10(15)16/h2-3,6,17H,1,4-5,14H2. The lowest BCUT2D eigenvalue weighted by Crippen LogP contribution is -2.25. The van der Waals surface area contributed by atoms with E-state index in [0.717, 1.165) is 0 Å². The third kappa shape index (κ3) is 2.49. The molecule has 1 heterocycles. The molecule has 1 saturated heterocycles. The van der Waals surface area contributed by atoms with Gasteiger partial charge in [-0.3, -0.25) is 4.79 Å². The van der Waals surface area contributed by atoms with Gasteiger partial charge < -0.3 is 10.6 Å². The molecule has 3 nitrogen and oxygen atoms in total. The van der Waals surface area contributed by atoms with E-state index in [0.29, 0.717) is 40.1 Å². The molecule has 0 aromatic heterocycles. The predicted octanol–water partition coefficient (Wildman–Crippen LogP) is 2.86. The predicted molar refractivity (Wildman–Crippen MR) is 75.2 cm³/mol. The van der Waals surface area contributed by atoms with Gasteiger partial charge >= 0.3 is 0 Å². The van der Waals surface area contributed by atoms with Crippen LogP contribution >= 0.6 is 35.8 Å². The summed E-state index contributed by atoms with van der Waals surface area (Å²) in [5.41, 5.74) is 6.67. The molecule has 0 radical (unpaired) electrons. The van der Waals surface area contributed by atoms with E-state index in [2.05, 4.69) is 12.6 Å². The van der Waals surface area contributed by atoms with Crippen LogP contribution in [0.1, 0.15) is 6.42 Å². The maximum Gasteiger partial charge on any atom is 0.227 e. The fourth-order valence-electron chi connectivity index (χ4n) is 1.96. The van der Waals surface area contributed by atoms with Gasteiger partial charge in [-0.05, 0) is 23.8 Å². The minimum Gasteiger partial charge on any atom is -0.399 e. The summed E-state index contributed by atoms with van der Waals surface area (Å²) in [7, 11) is 0. The fourth-order valence-corrected chi connectivity index (χ4v) is 2.92. The van der Waals surface area contributed by atoms with Crippen LogP contribution in [0.25, 0.3) is 0 Å². The molecule has 0 saturated carbocycles. The van der Waals surface area contributed by atoms with Crippen LogP contribution in [0.5, 0.6) is 0 Å². The van der Waals surface area contributed by atoms with Gasteiger partial charge in [0.2, 0.25) is 5.91 Å². The molecule has 1 atom stereocenters. The van der Waals surface area contributed by atoms with Gasteiger partial charge in [-0.1, -0.05) is 23.2 Å². The maximum absolute atomic E-state index is 11.9. The summed E-state index contributed by atoms with van der Waals surface area (Å²) in [6.07, 6.45) is 0.487.